The van der Waals surface area contributed by atoms with Gasteiger partial charge in [0, 0.05) is 24.9 Å². The van der Waals surface area contributed by atoms with E-state index in [0.717, 1.165) is 11.1 Å². The monoisotopic (exact) mass is 426 g/mol. The number of hydrogen-bond donors (Lipinski definition) is 3. The van der Waals surface area contributed by atoms with Crippen molar-refractivity contribution in [1.82, 2.24) is 10.7 Å². The molecule has 0 unspecified atom stereocenters. The largest absolute Gasteiger partial charge is 0.483 e. The van der Waals surface area contributed by atoms with E-state index in [2.05, 4.69) is 21.2 Å². The van der Waals surface area contributed by atoms with Crippen molar-refractivity contribution in [1.29, 1.82) is 0 Å². The van der Waals surface area contributed by atoms with Crippen molar-refractivity contribution < 1.29 is 23.9 Å². The molecule has 0 bridgehead atoms. The standard InChI is InChI=1S/C22H26N4O5/c1-15-8-9-18(12-16(15)2)25-20(27)14-31-19-7-5-4-6-17(19)13-24-26-22(29)21(28)23-10-11-30-3/h4-9,12-13H,10-11,14H2,1-3H3,(H,23,28)(H,25,27)(H,26,29)/b24-13-. The molecule has 0 spiro atoms. The molecule has 0 radical (unpaired) electrons. The maximum atomic E-state index is 12.2. The molecule has 0 aromatic heterocycles. The number of anilines is 1. The van der Waals surface area contributed by atoms with Crippen molar-refractivity contribution in [3.05, 3.63) is 59.2 Å². The lowest BCUT2D eigenvalue weighted by Gasteiger charge is -2.10. The van der Waals surface area contributed by atoms with Gasteiger partial charge in [-0.15, -0.1) is 0 Å². The molecule has 2 rings (SSSR count). The normalized spacial score (nSPS) is 10.5. The van der Waals surface area contributed by atoms with Gasteiger partial charge in [-0.3, -0.25) is 14.4 Å². The van der Waals surface area contributed by atoms with Crippen LogP contribution in [0.2, 0.25) is 0 Å². The number of amides is 3. The number of nitrogens with one attached hydrogen (secondary N) is 3. The third-order valence-corrected chi connectivity index (χ3v) is 4.24. The molecule has 31 heavy (non-hydrogen) atoms. The zero-order valence-electron chi connectivity index (χ0n) is 17.7. The van der Waals surface area contributed by atoms with E-state index in [9.17, 15) is 14.4 Å². The minimum atomic E-state index is -0.904. The predicted octanol–water partition coefficient (Wildman–Crippen LogP) is 1.53. The van der Waals surface area contributed by atoms with Crippen LogP contribution in [0.15, 0.2) is 47.6 Å². The van der Waals surface area contributed by atoms with Crippen LogP contribution < -0.4 is 20.8 Å². The minimum absolute atomic E-state index is 0.202. The van der Waals surface area contributed by atoms with E-state index in [4.69, 9.17) is 9.47 Å². The fourth-order valence-corrected chi connectivity index (χ4v) is 2.44. The molecule has 0 atom stereocenters. The summed E-state index contributed by atoms with van der Waals surface area (Å²) in [6, 6.07) is 12.5. The van der Waals surface area contributed by atoms with E-state index in [1.54, 1.807) is 24.3 Å². The number of hydrogen-bond acceptors (Lipinski definition) is 6. The number of rotatable bonds is 9. The molecule has 0 aliphatic heterocycles. The lowest BCUT2D eigenvalue weighted by Crippen LogP contribution is -2.39. The second-order valence-corrected chi connectivity index (χ2v) is 6.62. The molecule has 0 heterocycles. The molecule has 0 aliphatic rings. The summed E-state index contributed by atoms with van der Waals surface area (Å²) in [5.41, 5.74) is 5.58. The Kier molecular flexibility index (Phi) is 9.18. The summed E-state index contributed by atoms with van der Waals surface area (Å²) in [5, 5.41) is 8.93. The summed E-state index contributed by atoms with van der Waals surface area (Å²) in [5.74, 6) is -1.63. The molecule has 2 aromatic carbocycles. The smallest absolute Gasteiger partial charge is 0.329 e. The van der Waals surface area contributed by atoms with Crippen LogP contribution >= 0.6 is 0 Å². The molecule has 3 N–H and O–H groups in total. The van der Waals surface area contributed by atoms with E-state index in [1.807, 2.05) is 32.0 Å². The fourth-order valence-electron chi connectivity index (χ4n) is 2.44. The van der Waals surface area contributed by atoms with Crippen molar-refractivity contribution in [2.45, 2.75) is 13.8 Å². The zero-order valence-corrected chi connectivity index (χ0v) is 17.7. The minimum Gasteiger partial charge on any atom is -0.483 e. The highest BCUT2D eigenvalue weighted by Crippen LogP contribution is 2.17. The van der Waals surface area contributed by atoms with E-state index in [0.29, 0.717) is 23.6 Å². The van der Waals surface area contributed by atoms with Gasteiger partial charge in [0.05, 0.1) is 12.8 Å². The van der Waals surface area contributed by atoms with Gasteiger partial charge in [0.25, 0.3) is 5.91 Å². The van der Waals surface area contributed by atoms with Gasteiger partial charge in [0.15, 0.2) is 6.61 Å². The first kappa shape index (κ1) is 23.6. The maximum absolute atomic E-state index is 12.2. The van der Waals surface area contributed by atoms with Crippen LogP contribution in [0.4, 0.5) is 5.69 Å². The van der Waals surface area contributed by atoms with Crippen molar-refractivity contribution in [3.63, 3.8) is 0 Å². The lowest BCUT2D eigenvalue weighted by atomic mass is 10.1. The van der Waals surface area contributed by atoms with Crippen LogP contribution in [0.5, 0.6) is 5.75 Å². The van der Waals surface area contributed by atoms with E-state index >= 15 is 0 Å². The Morgan fingerprint density at radius 2 is 1.81 bits per heavy atom. The van der Waals surface area contributed by atoms with Crippen LogP contribution in [-0.2, 0) is 19.1 Å². The molecule has 2 aromatic rings. The predicted molar refractivity (Wildman–Crippen MR) is 117 cm³/mol. The Labute approximate surface area is 180 Å². The molecule has 0 saturated carbocycles. The SMILES string of the molecule is COCCNC(=O)C(=O)N/N=C\c1ccccc1OCC(=O)Nc1ccc(C)c(C)c1. The molecule has 9 heteroatoms. The van der Waals surface area contributed by atoms with Crippen LogP contribution in [0.25, 0.3) is 0 Å². The Morgan fingerprint density at radius 1 is 1.03 bits per heavy atom. The molecule has 0 saturated heterocycles. The molecular formula is C22H26N4O5. The number of para-hydroxylation sites is 1. The van der Waals surface area contributed by atoms with Gasteiger partial charge >= 0.3 is 11.8 Å². The fraction of sp³-hybridized carbons (Fsp3) is 0.273. The van der Waals surface area contributed by atoms with Gasteiger partial charge in [-0.05, 0) is 49.2 Å². The number of carbonyl (C=O) groups is 3. The highest BCUT2D eigenvalue weighted by atomic mass is 16.5. The molecule has 9 nitrogen and oxygen atoms in total. The number of methoxy groups -OCH3 is 1. The van der Waals surface area contributed by atoms with Gasteiger partial charge in [0.2, 0.25) is 0 Å². The number of hydrazone groups is 1. The second-order valence-electron chi connectivity index (χ2n) is 6.62. The van der Waals surface area contributed by atoms with Crippen molar-refractivity contribution in [2.75, 3.05) is 32.2 Å². The maximum Gasteiger partial charge on any atom is 0.329 e. The van der Waals surface area contributed by atoms with Crippen LogP contribution in [0, 0.1) is 13.8 Å². The first-order valence-corrected chi connectivity index (χ1v) is 9.60. The third kappa shape index (κ3) is 7.90. The van der Waals surface area contributed by atoms with Gasteiger partial charge in [-0.25, -0.2) is 5.43 Å². The van der Waals surface area contributed by atoms with Crippen molar-refractivity contribution >= 4 is 29.6 Å². The summed E-state index contributed by atoms with van der Waals surface area (Å²) in [6.07, 6.45) is 1.33. The third-order valence-electron chi connectivity index (χ3n) is 4.24. The van der Waals surface area contributed by atoms with Crippen molar-refractivity contribution in [2.24, 2.45) is 5.10 Å². The molecule has 0 fully saturated rings. The Hall–Kier alpha value is -3.72. The summed E-state index contributed by atoms with van der Waals surface area (Å²) in [7, 11) is 1.49. The second kappa shape index (κ2) is 12.1. The van der Waals surface area contributed by atoms with Crippen LogP contribution in [0.1, 0.15) is 16.7 Å². The highest BCUT2D eigenvalue weighted by molar-refractivity contribution is 6.35. The highest BCUT2D eigenvalue weighted by Gasteiger charge is 2.11. The molecule has 0 aliphatic carbocycles. The van der Waals surface area contributed by atoms with Crippen LogP contribution in [-0.4, -0.2) is 50.8 Å². The summed E-state index contributed by atoms with van der Waals surface area (Å²) >= 11 is 0. The first-order chi connectivity index (χ1) is 14.9. The van der Waals surface area contributed by atoms with E-state index in [1.165, 1.54) is 13.3 Å². The molecule has 164 valence electrons. The number of aryl methyl sites for hydroxylation is 2. The van der Waals surface area contributed by atoms with Gasteiger partial charge < -0.3 is 20.1 Å². The Bertz CT molecular complexity index is 959. The number of carbonyl (C=O) groups excluding carboxylic acids is 3. The average Bonchev–Trinajstić information content (AvgIpc) is 2.75. The quantitative estimate of drug-likeness (QED) is 0.243. The summed E-state index contributed by atoms with van der Waals surface area (Å²) in [6.45, 7) is 4.28. The van der Waals surface area contributed by atoms with Crippen LogP contribution in [0.3, 0.4) is 0 Å². The van der Waals surface area contributed by atoms with Gasteiger partial charge in [-0.1, -0.05) is 18.2 Å². The lowest BCUT2D eigenvalue weighted by molar-refractivity contribution is -0.139. The number of benzene rings is 2. The Balaban J connectivity index is 1.88. The topological polar surface area (TPSA) is 118 Å². The van der Waals surface area contributed by atoms with E-state index in [-0.39, 0.29) is 19.1 Å². The summed E-state index contributed by atoms with van der Waals surface area (Å²) < 4.78 is 10.4. The average molecular weight is 426 g/mol. The first-order valence-electron chi connectivity index (χ1n) is 9.60. The Morgan fingerprint density at radius 3 is 2.55 bits per heavy atom. The number of nitrogens with zero attached hydrogens (tertiary/aromatic N) is 1. The van der Waals surface area contributed by atoms with Gasteiger partial charge in [-0.2, -0.15) is 5.10 Å². The molecular weight excluding hydrogens is 400 g/mol. The number of ether oxygens (including phenoxy) is 2. The molecule has 3 amide bonds. The van der Waals surface area contributed by atoms with E-state index < -0.39 is 11.8 Å². The summed E-state index contributed by atoms with van der Waals surface area (Å²) in [4.78, 5) is 35.5. The van der Waals surface area contributed by atoms with Gasteiger partial charge in [0.1, 0.15) is 5.75 Å². The zero-order chi connectivity index (χ0) is 22.6. The van der Waals surface area contributed by atoms with Crippen molar-refractivity contribution in [3.8, 4) is 5.75 Å².